The fourth-order valence-corrected chi connectivity index (χ4v) is 5.28. The van der Waals surface area contributed by atoms with E-state index in [-0.39, 0.29) is 0 Å². The first-order valence-corrected chi connectivity index (χ1v) is 13.8. The highest BCUT2D eigenvalue weighted by atomic mass is 15.1. The molecule has 0 radical (unpaired) electrons. The Morgan fingerprint density at radius 1 is 1.03 bits per heavy atom. The summed E-state index contributed by atoms with van der Waals surface area (Å²) in [6.45, 7) is 8.99. The van der Waals surface area contributed by atoms with Crippen molar-refractivity contribution in [3.8, 4) is 0 Å². The summed E-state index contributed by atoms with van der Waals surface area (Å²) in [7, 11) is 0. The number of rotatable bonds is 8. The Morgan fingerprint density at radius 3 is 2.44 bits per heavy atom. The molecule has 1 aromatic carbocycles. The van der Waals surface area contributed by atoms with Gasteiger partial charge in [0.15, 0.2) is 11.5 Å². The Morgan fingerprint density at radius 2 is 1.72 bits per heavy atom. The van der Waals surface area contributed by atoms with E-state index in [1.54, 1.807) is 6.20 Å². The summed E-state index contributed by atoms with van der Waals surface area (Å²) in [5, 5.41) is 3.63. The average Bonchev–Trinajstić information content (AvgIpc) is 3.37. The van der Waals surface area contributed by atoms with Crippen LogP contribution in [-0.4, -0.2) is 27.1 Å². The van der Waals surface area contributed by atoms with Gasteiger partial charge in [0.05, 0.1) is 5.69 Å². The molecule has 1 aliphatic rings. The van der Waals surface area contributed by atoms with E-state index in [9.17, 15) is 0 Å². The van der Waals surface area contributed by atoms with E-state index >= 15 is 0 Å². The summed E-state index contributed by atoms with van der Waals surface area (Å²) in [4.78, 5) is 13.7. The zero-order valence-corrected chi connectivity index (χ0v) is 21.7. The Labute approximate surface area is 216 Å². The topological polar surface area (TPSA) is 54.6 Å². The monoisotopic (exact) mass is 483 g/mol. The maximum Gasteiger partial charge on any atom is 0.180 e. The normalized spacial score (nSPS) is 16.4. The maximum absolute atomic E-state index is 4.98. The molecule has 5 nitrogen and oxygen atoms in total. The fraction of sp³-hybridized carbons (Fsp3) is 0.452. The van der Waals surface area contributed by atoms with Crippen molar-refractivity contribution in [2.75, 3.05) is 11.9 Å². The Bertz CT molecular complexity index is 1150. The van der Waals surface area contributed by atoms with Crippen LogP contribution in [-0.2, 0) is 0 Å². The number of aromatic nitrogens is 3. The quantitative estimate of drug-likeness (QED) is 0.330. The van der Waals surface area contributed by atoms with E-state index in [4.69, 9.17) is 4.98 Å². The molecule has 1 N–H and O–H groups in total. The lowest BCUT2D eigenvalue weighted by atomic mass is 9.90. The van der Waals surface area contributed by atoms with Gasteiger partial charge in [-0.25, -0.2) is 9.97 Å². The molecule has 2 aromatic heterocycles. The number of fused-ring (bicyclic) bond motifs is 1. The van der Waals surface area contributed by atoms with E-state index in [1.807, 2.05) is 47.4 Å². The van der Waals surface area contributed by atoms with Crippen LogP contribution in [0.15, 0.2) is 67.2 Å². The van der Waals surface area contributed by atoms with Crippen LogP contribution in [0.25, 0.3) is 11.2 Å². The largest absolute Gasteiger partial charge is 0.367 e. The molecule has 1 aliphatic carbocycles. The van der Waals surface area contributed by atoms with Gasteiger partial charge >= 0.3 is 0 Å². The minimum Gasteiger partial charge on any atom is -0.367 e. The third kappa shape index (κ3) is 7.16. The molecule has 2 heterocycles. The molecule has 0 amide bonds. The number of nitrogens with zero attached hydrogens (tertiary/aromatic N) is 4. The van der Waals surface area contributed by atoms with Gasteiger partial charge in [0.2, 0.25) is 0 Å². The highest BCUT2D eigenvalue weighted by Gasteiger charge is 2.14. The van der Waals surface area contributed by atoms with Crippen molar-refractivity contribution in [2.24, 2.45) is 10.9 Å². The molecular weight excluding hydrogens is 442 g/mol. The number of hydrogen-bond donors (Lipinski definition) is 1. The highest BCUT2D eigenvalue weighted by Crippen LogP contribution is 2.27. The first-order valence-electron chi connectivity index (χ1n) is 13.8. The van der Waals surface area contributed by atoms with Crippen LogP contribution in [0.3, 0.4) is 0 Å². The van der Waals surface area contributed by atoms with Crippen LogP contribution in [0.4, 0.5) is 5.82 Å². The van der Waals surface area contributed by atoms with E-state index < -0.39 is 0 Å². The molecule has 190 valence electrons. The number of aliphatic imine (C=N–C) groups is 1. The van der Waals surface area contributed by atoms with E-state index in [0.717, 1.165) is 46.3 Å². The van der Waals surface area contributed by atoms with Gasteiger partial charge in [0.25, 0.3) is 0 Å². The van der Waals surface area contributed by atoms with Gasteiger partial charge in [-0.3, -0.25) is 4.99 Å². The molecule has 5 heteroatoms. The minimum atomic E-state index is 0.793. The van der Waals surface area contributed by atoms with Crippen LogP contribution in [0, 0.1) is 5.92 Å². The molecule has 0 saturated heterocycles. The second kappa shape index (κ2) is 13.8. The van der Waals surface area contributed by atoms with Crippen molar-refractivity contribution < 1.29 is 0 Å². The standard InChI is InChI=1S/C31H41N5/c1-3-32-23-27-17-13-14-18-28(27)25(2)29-24-36-22-21-34-31(36)30(35-29)33-20-19-26-15-11-9-7-5-4-6-8-10-12-16-26/h3,13-14,17-18,21-24,26H,1-2,4-12,15-16,19-20H2,(H,33,35)/b32-23-. The van der Waals surface area contributed by atoms with Gasteiger partial charge in [-0.1, -0.05) is 108 Å². The first-order chi connectivity index (χ1) is 17.8. The second-order valence-corrected chi connectivity index (χ2v) is 10.0. The second-order valence-electron chi connectivity index (χ2n) is 10.0. The van der Waals surface area contributed by atoms with E-state index in [1.165, 1.54) is 77.0 Å². The van der Waals surface area contributed by atoms with E-state index in [0.29, 0.717) is 0 Å². The van der Waals surface area contributed by atoms with Crippen molar-refractivity contribution in [3.05, 3.63) is 79.0 Å². The summed E-state index contributed by atoms with van der Waals surface area (Å²) >= 11 is 0. The van der Waals surface area contributed by atoms with Crippen molar-refractivity contribution in [1.82, 2.24) is 14.4 Å². The Balaban J connectivity index is 1.46. The fourth-order valence-electron chi connectivity index (χ4n) is 5.28. The van der Waals surface area contributed by atoms with Gasteiger partial charge < -0.3 is 9.72 Å². The summed E-state index contributed by atoms with van der Waals surface area (Å²) in [6.07, 6.45) is 25.7. The third-order valence-corrected chi connectivity index (χ3v) is 7.36. The van der Waals surface area contributed by atoms with Crippen molar-refractivity contribution in [2.45, 2.75) is 77.0 Å². The zero-order valence-electron chi connectivity index (χ0n) is 21.7. The minimum absolute atomic E-state index is 0.793. The van der Waals surface area contributed by atoms with Crippen LogP contribution < -0.4 is 5.32 Å². The third-order valence-electron chi connectivity index (χ3n) is 7.36. The zero-order chi connectivity index (χ0) is 25.0. The molecule has 0 spiro atoms. The Hall–Kier alpha value is -3.21. The number of anilines is 1. The lowest BCUT2D eigenvalue weighted by Crippen LogP contribution is -2.12. The summed E-state index contributed by atoms with van der Waals surface area (Å²) in [5.41, 5.74) is 4.54. The van der Waals surface area contributed by atoms with Crippen LogP contribution in [0.2, 0.25) is 0 Å². The van der Waals surface area contributed by atoms with Gasteiger partial charge in [0, 0.05) is 48.7 Å². The summed E-state index contributed by atoms with van der Waals surface area (Å²) in [5.74, 6) is 1.62. The van der Waals surface area contributed by atoms with Crippen LogP contribution in [0.1, 0.15) is 93.9 Å². The maximum atomic E-state index is 4.98. The predicted octanol–water partition coefficient (Wildman–Crippen LogP) is 8.08. The number of hydrogen-bond acceptors (Lipinski definition) is 4. The molecule has 1 saturated carbocycles. The smallest absolute Gasteiger partial charge is 0.180 e. The van der Waals surface area contributed by atoms with Gasteiger partial charge in [-0.15, -0.1) is 0 Å². The molecule has 0 unspecified atom stereocenters. The van der Waals surface area contributed by atoms with Gasteiger partial charge in [-0.2, -0.15) is 0 Å². The molecular formula is C31H41N5. The van der Waals surface area contributed by atoms with Crippen molar-refractivity contribution in [3.63, 3.8) is 0 Å². The summed E-state index contributed by atoms with van der Waals surface area (Å²) < 4.78 is 2.03. The summed E-state index contributed by atoms with van der Waals surface area (Å²) in [6, 6.07) is 8.11. The van der Waals surface area contributed by atoms with Crippen LogP contribution >= 0.6 is 0 Å². The number of imidazole rings is 1. The molecule has 4 rings (SSSR count). The number of benzene rings is 1. The van der Waals surface area contributed by atoms with Gasteiger partial charge in [0.1, 0.15) is 0 Å². The molecule has 0 bridgehead atoms. The molecule has 3 aromatic rings. The molecule has 0 aliphatic heterocycles. The first kappa shape index (κ1) is 25.9. The predicted molar refractivity (Wildman–Crippen MR) is 153 cm³/mol. The molecule has 36 heavy (non-hydrogen) atoms. The van der Waals surface area contributed by atoms with Gasteiger partial charge in [-0.05, 0) is 17.9 Å². The molecule has 0 atom stereocenters. The van der Waals surface area contributed by atoms with Crippen LogP contribution in [0.5, 0.6) is 0 Å². The lowest BCUT2D eigenvalue weighted by Gasteiger charge is -2.19. The average molecular weight is 484 g/mol. The molecule has 1 fully saturated rings. The van der Waals surface area contributed by atoms with Crippen molar-refractivity contribution >= 4 is 23.3 Å². The SMILES string of the molecule is C=C/N=C\c1ccccc1C(=C)c1cn2ccnc2c(NCCC2CCCCCCCCCCC2)n1. The highest BCUT2D eigenvalue weighted by molar-refractivity contribution is 5.91. The lowest BCUT2D eigenvalue weighted by molar-refractivity contribution is 0.381. The number of nitrogens with one attached hydrogen (secondary N) is 1. The van der Waals surface area contributed by atoms with E-state index in [2.05, 4.69) is 34.5 Å². The Kier molecular flexibility index (Phi) is 9.89. The van der Waals surface area contributed by atoms with Crippen molar-refractivity contribution in [1.29, 1.82) is 0 Å².